The van der Waals surface area contributed by atoms with Crippen molar-refractivity contribution in [2.75, 3.05) is 23.9 Å². The summed E-state index contributed by atoms with van der Waals surface area (Å²) in [4.78, 5) is 26.2. The molecule has 2 aromatic rings. The van der Waals surface area contributed by atoms with Crippen LogP contribution in [-0.4, -0.2) is 31.5 Å². The molecule has 2 amide bonds. The molecular formula is C19H21N3O3. The zero-order valence-electron chi connectivity index (χ0n) is 14.3. The molecule has 0 spiro atoms. The number of amides is 2. The maximum absolute atomic E-state index is 12.9. The van der Waals surface area contributed by atoms with Crippen LogP contribution < -0.4 is 20.7 Å². The summed E-state index contributed by atoms with van der Waals surface area (Å²) in [5.41, 5.74) is 8.09. The molecule has 6 heteroatoms. The van der Waals surface area contributed by atoms with E-state index in [0.717, 1.165) is 11.3 Å². The molecule has 3 rings (SSSR count). The number of carbonyl (C=O) groups is 2. The molecule has 0 saturated carbocycles. The second kappa shape index (κ2) is 6.84. The predicted octanol–water partition coefficient (Wildman–Crippen LogP) is 2.32. The van der Waals surface area contributed by atoms with Gasteiger partial charge in [0.1, 0.15) is 11.8 Å². The summed E-state index contributed by atoms with van der Waals surface area (Å²) in [6.07, 6.45) is 0.628. The molecule has 1 aliphatic rings. The average molecular weight is 339 g/mol. The van der Waals surface area contributed by atoms with Crippen molar-refractivity contribution in [2.24, 2.45) is 5.73 Å². The van der Waals surface area contributed by atoms with Gasteiger partial charge in [0, 0.05) is 6.54 Å². The number of hydrogen-bond acceptors (Lipinski definition) is 4. The van der Waals surface area contributed by atoms with E-state index in [-0.39, 0.29) is 5.91 Å². The minimum Gasteiger partial charge on any atom is -0.495 e. The van der Waals surface area contributed by atoms with E-state index < -0.39 is 11.9 Å². The standard InChI is InChI=1S/C19H21N3O3/c1-12-6-5-7-13(18(20)23)17(12)21-14-10-11-22(19(14)24)15-8-3-4-9-16(15)25-2/h3-9,14,21H,10-11H2,1-2H3,(H2,20,23)/t14-/m0/s1. The Hall–Kier alpha value is -3.02. The molecule has 25 heavy (non-hydrogen) atoms. The first-order valence-electron chi connectivity index (χ1n) is 8.13. The van der Waals surface area contributed by atoms with Gasteiger partial charge < -0.3 is 20.7 Å². The van der Waals surface area contributed by atoms with Gasteiger partial charge in [0.05, 0.1) is 24.0 Å². The van der Waals surface area contributed by atoms with Crippen LogP contribution in [0.2, 0.25) is 0 Å². The molecule has 1 aliphatic heterocycles. The molecule has 6 nitrogen and oxygen atoms in total. The van der Waals surface area contributed by atoms with Crippen LogP contribution in [0.5, 0.6) is 5.75 Å². The fourth-order valence-electron chi connectivity index (χ4n) is 3.14. The highest BCUT2D eigenvalue weighted by Gasteiger charge is 2.34. The zero-order chi connectivity index (χ0) is 18.0. The molecule has 1 fully saturated rings. The number of nitrogens with zero attached hydrogens (tertiary/aromatic N) is 1. The minimum atomic E-state index is -0.516. The van der Waals surface area contributed by atoms with Gasteiger partial charge in [-0.25, -0.2) is 0 Å². The highest BCUT2D eigenvalue weighted by atomic mass is 16.5. The van der Waals surface area contributed by atoms with E-state index in [0.29, 0.717) is 30.0 Å². The fraction of sp³-hybridized carbons (Fsp3) is 0.263. The van der Waals surface area contributed by atoms with Gasteiger partial charge >= 0.3 is 0 Å². The number of carbonyl (C=O) groups excluding carboxylic acids is 2. The topological polar surface area (TPSA) is 84.7 Å². The van der Waals surface area contributed by atoms with Gasteiger partial charge in [-0.1, -0.05) is 24.3 Å². The molecule has 130 valence electrons. The van der Waals surface area contributed by atoms with E-state index in [9.17, 15) is 9.59 Å². The summed E-state index contributed by atoms with van der Waals surface area (Å²) in [6, 6.07) is 12.3. The first kappa shape index (κ1) is 16.8. The normalized spacial score (nSPS) is 16.8. The lowest BCUT2D eigenvalue weighted by Gasteiger charge is -2.21. The van der Waals surface area contributed by atoms with Crippen LogP contribution in [0.3, 0.4) is 0 Å². The number of benzene rings is 2. The summed E-state index contributed by atoms with van der Waals surface area (Å²) in [6.45, 7) is 2.46. The van der Waals surface area contributed by atoms with Gasteiger partial charge in [0.25, 0.3) is 5.91 Å². The molecule has 0 aromatic heterocycles. The van der Waals surface area contributed by atoms with Gasteiger partial charge in [0.15, 0.2) is 0 Å². The molecule has 0 unspecified atom stereocenters. The number of methoxy groups -OCH3 is 1. The molecule has 0 aliphatic carbocycles. The maximum atomic E-state index is 12.9. The lowest BCUT2D eigenvalue weighted by Crippen LogP contribution is -2.34. The number of rotatable bonds is 5. The quantitative estimate of drug-likeness (QED) is 0.875. The van der Waals surface area contributed by atoms with Crippen LogP contribution >= 0.6 is 0 Å². The van der Waals surface area contributed by atoms with Crippen molar-refractivity contribution < 1.29 is 14.3 Å². The summed E-state index contributed by atoms with van der Waals surface area (Å²) < 4.78 is 5.35. The van der Waals surface area contributed by atoms with Crippen LogP contribution in [0.15, 0.2) is 42.5 Å². The number of nitrogens with two attached hydrogens (primary N) is 1. The van der Waals surface area contributed by atoms with E-state index >= 15 is 0 Å². The summed E-state index contributed by atoms with van der Waals surface area (Å²) in [7, 11) is 1.58. The number of para-hydroxylation sites is 3. The van der Waals surface area contributed by atoms with E-state index in [2.05, 4.69) is 5.32 Å². The Morgan fingerprint density at radius 2 is 2.00 bits per heavy atom. The molecule has 0 bridgehead atoms. The Balaban J connectivity index is 1.86. The van der Waals surface area contributed by atoms with Crippen LogP contribution in [-0.2, 0) is 4.79 Å². The Morgan fingerprint density at radius 1 is 1.24 bits per heavy atom. The third kappa shape index (κ3) is 3.15. The number of nitrogens with one attached hydrogen (secondary N) is 1. The average Bonchev–Trinajstić information content (AvgIpc) is 2.97. The molecule has 3 N–H and O–H groups in total. The summed E-state index contributed by atoms with van der Waals surface area (Å²) in [5, 5.41) is 3.21. The van der Waals surface area contributed by atoms with E-state index in [1.807, 2.05) is 37.3 Å². The third-order valence-electron chi connectivity index (χ3n) is 4.44. The smallest absolute Gasteiger partial charge is 0.250 e. The molecule has 1 heterocycles. The zero-order valence-corrected chi connectivity index (χ0v) is 14.3. The van der Waals surface area contributed by atoms with Gasteiger partial charge in [-0.2, -0.15) is 0 Å². The lowest BCUT2D eigenvalue weighted by molar-refractivity contribution is -0.117. The van der Waals surface area contributed by atoms with Crippen molar-refractivity contribution in [3.05, 3.63) is 53.6 Å². The Kier molecular flexibility index (Phi) is 4.61. The lowest BCUT2D eigenvalue weighted by atomic mass is 10.1. The number of anilines is 2. The third-order valence-corrected chi connectivity index (χ3v) is 4.44. The van der Waals surface area contributed by atoms with Gasteiger partial charge in [-0.05, 0) is 37.1 Å². The van der Waals surface area contributed by atoms with Crippen LogP contribution in [0.1, 0.15) is 22.3 Å². The predicted molar refractivity (Wildman–Crippen MR) is 97.1 cm³/mol. The maximum Gasteiger partial charge on any atom is 0.250 e. The number of aryl methyl sites for hydroxylation is 1. The van der Waals surface area contributed by atoms with Crippen LogP contribution in [0.4, 0.5) is 11.4 Å². The van der Waals surface area contributed by atoms with Crippen molar-refractivity contribution in [2.45, 2.75) is 19.4 Å². The monoisotopic (exact) mass is 339 g/mol. The fourth-order valence-corrected chi connectivity index (χ4v) is 3.14. The first-order chi connectivity index (χ1) is 12.0. The van der Waals surface area contributed by atoms with Crippen molar-refractivity contribution in [3.8, 4) is 5.75 Å². The Bertz CT molecular complexity index is 819. The first-order valence-corrected chi connectivity index (χ1v) is 8.13. The van der Waals surface area contributed by atoms with Crippen molar-refractivity contribution in [1.82, 2.24) is 0 Å². The molecule has 1 atom stereocenters. The second-order valence-corrected chi connectivity index (χ2v) is 6.01. The Morgan fingerprint density at radius 3 is 2.72 bits per heavy atom. The van der Waals surface area contributed by atoms with Crippen LogP contribution in [0.25, 0.3) is 0 Å². The molecule has 0 radical (unpaired) electrons. The van der Waals surface area contributed by atoms with Gasteiger partial charge in [0.2, 0.25) is 5.91 Å². The minimum absolute atomic E-state index is 0.0526. The Labute approximate surface area is 146 Å². The van der Waals surface area contributed by atoms with Crippen molar-refractivity contribution >= 4 is 23.2 Å². The van der Waals surface area contributed by atoms with Crippen LogP contribution in [0, 0.1) is 6.92 Å². The SMILES string of the molecule is COc1ccccc1N1CC[C@H](Nc2c(C)cccc2C(N)=O)C1=O. The summed E-state index contributed by atoms with van der Waals surface area (Å²) >= 11 is 0. The van der Waals surface area contributed by atoms with E-state index in [4.69, 9.17) is 10.5 Å². The molecule has 1 saturated heterocycles. The summed E-state index contributed by atoms with van der Waals surface area (Å²) in [5.74, 6) is 0.0895. The molecular weight excluding hydrogens is 318 g/mol. The number of ether oxygens (including phenoxy) is 1. The number of primary amides is 1. The number of hydrogen-bond donors (Lipinski definition) is 2. The van der Waals surface area contributed by atoms with Crippen molar-refractivity contribution in [3.63, 3.8) is 0 Å². The highest BCUT2D eigenvalue weighted by Crippen LogP contribution is 2.32. The van der Waals surface area contributed by atoms with E-state index in [1.165, 1.54) is 0 Å². The van der Waals surface area contributed by atoms with Gasteiger partial charge in [-0.3, -0.25) is 9.59 Å². The highest BCUT2D eigenvalue weighted by molar-refractivity contribution is 6.04. The molecule has 2 aromatic carbocycles. The van der Waals surface area contributed by atoms with E-state index in [1.54, 1.807) is 24.1 Å². The van der Waals surface area contributed by atoms with Gasteiger partial charge in [-0.15, -0.1) is 0 Å². The van der Waals surface area contributed by atoms with Crippen molar-refractivity contribution in [1.29, 1.82) is 0 Å². The second-order valence-electron chi connectivity index (χ2n) is 6.01. The largest absolute Gasteiger partial charge is 0.495 e.